The zero-order valence-corrected chi connectivity index (χ0v) is 31.8. The summed E-state index contributed by atoms with van der Waals surface area (Å²) in [6.07, 6.45) is 43.4. The van der Waals surface area contributed by atoms with Crippen molar-refractivity contribution in [2.24, 2.45) is 0 Å². The van der Waals surface area contributed by atoms with Gasteiger partial charge in [-0.1, -0.05) is 225 Å². The summed E-state index contributed by atoms with van der Waals surface area (Å²) < 4.78 is 31.4. The molecule has 0 N–H and O–H groups in total. The van der Waals surface area contributed by atoms with Crippen LogP contribution >= 0.6 is 0 Å². The monoisotopic (exact) mass is 663 g/mol. The third-order valence-corrected chi connectivity index (χ3v) is 11.2. The van der Waals surface area contributed by atoms with E-state index in [4.69, 9.17) is 4.18 Å². The summed E-state index contributed by atoms with van der Waals surface area (Å²) in [6, 6.07) is 7.47. The molecule has 0 fully saturated rings. The zero-order chi connectivity index (χ0) is 33.2. The second-order valence-electron chi connectivity index (χ2n) is 14.2. The number of benzene rings is 1. The Labute approximate surface area is 289 Å². The van der Waals surface area contributed by atoms with E-state index in [0.717, 1.165) is 31.2 Å². The van der Waals surface area contributed by atoms with Crippen LogP contribution in [0.2, 0.25) is 0 Å². The first-order chi connectivity index (χ1) is 22.6. The van der Waals surface area contributed by atoms with Crippen LogP contribution in [0.5, 0.6) is 0 Å². The molecule has 0 atom stereocenters. The Balaban J connectivity index is 2.01. The van der Waals surface area contributed by atoms with E-state index in [9.17, 15) is 8.42 Å². The van der Waals surface area contributed by atoms with Crippen LogP contribution in [0.3, 0.4) is 0 Å². The smallest absolute Gasteiger partial charge is 0.266 e. The third-order valence-electron chi connectivity index (χ3n) is 9.78. The van der Waals surface area contributed by atoms with Crippen molar-refractivity contribution in [3.8, 4) is 0 Å². The molecule has 1 rings (SSSR count). The summed E-state index contributed by atoms with van der Waals surface area (Å²) in [5, 5.41) is 0. The molecule has 0 aliphatic rings. The van der Waals surface area contributed by atoms with E-state index in [1.54, 1.807) is 6.07 Å². The minimum Gasteiger partial charge on any atom is -0.266 e. The van der Waals surface area contributed by atoms with E-state index in [0.29, 0.717) is 11.5 Å². The minimum absolute atomic E-state index is 0.300. The molecule has 0 aromatic heterocycles. The maximum Gasteiger partial charge on any atom is 0.297 e. The fourth-order valence-electron chi connectivity index (χ4n) is 6.70. The summed E-state index contributed by atoms with van der Waals surface area (Å²) in [5.74, 6) is 0. The highest BCUT2D eigenvalue weighted by atomic mass is 32.2. The van der Waals surface area contributed by atoms with Crippen LogP contribution < -0.4 is 0 Å². The fourth-order valence-corrected chi connectivity index (χ4v) is 7.90. The molecule has 4 heteroatoms. The average Bonchev–Trinajstić information content (AvgIpc) is 3.06. The van der Waals surface area contributed by atoms with Crippen LogP contribution in [0.4, 0.5) is 0 Å². The summed E-state index contributed by atoms with van der Waals surface area (Å²) >= 11 is 0. The van der Waals surface area contributed by atoms with Crippen LogP contribution in [-0.2, 0) is 20.7 Å². The molecule has 0 amide bonds. The van der Waals surface area contributed by atoms with Crippen LogP contribution in [0.15, 0.2) is 29.2 Å². The molecule has 0 saturated heterocycles. The molecule has 0 bridgehead atoms. The molecular weight excluding hydrogens is 585 g/mol. The zero-order valence-electron chi connectivity index (χ0n) is 31.0. The standard InChI is InChI=1S/C42H78O3S/c1-3-5-7-9-11-13-15-17-19-21-23-25-27-29-31-33-37-41-38-34-35-39-42(41)46(43,44)45-40-36-32-30-28-26-24-22-20-18-16-14-12-10-8-6-4-2/h34-35,38-39H,3-33,36-37,40H2,1-2H3. The quantitative estimate of drug-likeness (QED) is 0.0530. The van der Waals surface area contributed by atoms with Crippen molar-refractivity contribution in [2.75, 3.05) is 6.61 Å². The first kappa shape index (κ1) is 43.2. The Kier molecular flexibility index (Phi) is 30.6. The molecular formula is C42H78O3S. The van der Waals surface area contributed by atoms with E-state index in [1.165, 1.54) is 186 Å². The first-order valence-electron chi connectivity index (χ1n) is 20.6. The average molecular weight is 663 g/mol. The van der Waals surface area contributed by atoms with Crippen LogP contribution in [0, 0.1) is 0 Å². The molecule has 1 aromatic carbocycles. The largest absolute Gasteiger partial charge is 0.297 e. The maximum atomic E-state index is 13.0. The van der Waals surface area contributed by atoms with Crippen molar-refractivity contribution in [1.29, 1.82) is 0 Å². The summed E-state index contributed by atoms with van der Waals surface area (Å²) in [4.78, 5) is 0.382. The van der Waals surface area contributed by atoms with Crippen molar-refractivity contribution in [3.05, 3.63) is 29.8 Å². The van der Waals surface area contributed by atoms with E-state index in [-0.39, 0.29) is 0 Å². The fraction of sp³-hybridized carbons (Fsp3) is 0.857. The van der Waals surface area contributed by atoms with Crippen molar-refractivity contribution in [1.82, 2.24) is 0 Å². The van der Waals surface area contributed by atoms with E-state index in [2.05, 4.69) is 13.8 Å². The molecule has 0 aliphatic carbocycles. The first-order valence-corrected chi connectivity index (χ1v) is 22.0. The highest BCUT2D eigenvalue weighted by molar-refractivity contribution is 7.86. The van der Waals surface area contributed by atoms with Gasteiger partial charge >= 0.3 is 0 Å². The lowest BCUT2D eigenvalue weighted by Crippen LogP contribution is -2.10. The van der Waals surface area contributed by atoms with Gasteiger partial charge in [-0.15, -0.1) is 0 Å². The summed E-state index contributed by atoms with van der Waals surface area (Å²) in [7, 11) is -3.68. The number of hydrogen-bond donors (Lipinski definition) is 0. The van der Waals surface area contributed by atoms with Gasteiger partial charge in [-0.25, -0.2) is 0 Å². The Bertz CT molecular complexity index is 865. The molecule has 0 radical (unpaired) electrons. The number of unbranched alkanes of at least 4 members (excludes halogenated alkanes) is 30. The summed E-state index contributed by atoms with van der Waals surface area (Å²) in [6.45, 7) is 4.87. The predicted molar refractivity (Wildman–Crippen MR) is 202 cm³/mol. The van der Waals surface area contributed by atoms with Crippen LogP contribution in [0.1, 0.15) is 225 Å². The molecule has 46 heavy (non-hydrogen) atoms. The second kappa shape index (κ2) is 32.7. The number of rotatable bonds is 36. The van der Waals surface area contributed by atoms with Gasteiger partial charge in [0, 0.05) is 0 Å². The van der Waals surface area contributed by atoms with Crippen molar-refractivity contribution < 1.29 is 12.6 Å². The number of aryl methyl sites for hydroxylation is 1. The molecule has 0 heterocycles. The third kappa shape index (κ3) is 26.1. The Morgan fingerprint density at radius 1 is 0.413 bits per heavy atom. The molecule has 1 aromatic rings. The Morgan fingerprint density at radius 3 is 1.09 bits per heavy atom. The van der Waals surface area contributed by atoms with E-state index < -0.39 is 10.1 Å². The molecule has 0 spiro atoms. The van der Waals surface area contributed by atoms with E-state index >= 15 is 0 Å². The maximum absolute atomic E-state index is 13.0. The van der Waals surface area contributed by atoms with Gasteiger partial charge in [0.25, 0.3) is 10.1 Å². The lowest BCUT2D eigenvalue weighted by molar-refractivity contribution is 0.305. The Morgan fingerprint density at radius 2 is 0.717 bits per heavy atom. The van der Waals surface area contributed by atoms with Crippen LogP contribution in [-0.4, -0.2) is 15.0 Å². The van der Waals surface area contributed by atoms with Gasteiger partial charge in [-0.3, -0.25) is 4.18 Å². The van der Waals surface area contributed by atoms with Gasteiger partial charge in [-0.2, -0.15) is 8.42 Å². The van der Waals surface area contributed by atoms with Gasteiger partial charge in [0.1, 0.15) is 0 Å². The lowest BCUT2D eigenvalue weighted by atomic mass is 10.0. The molecule has 3 nitrogen and oxygen atoms in total. The van der Waals surface area contributed by atoms with Gasteiger partial charge in [0.05, 0.1) is 11.5 Å². The van der Waals surface area contributed by atoms with E-state index in [1.807, 2.05) is 18.2 Å². The highest BCUT2D eigenvalue weighted by Gasteiger charge is 2.18. The van der Waals surface area contributed by atoms with Crippen molar-refractivity contribution in [2.45, 2.75) is 231 Å². The second-order valence-corrected chi connectivity index (χ2v) is 15.8. The molecule has 0 aliphatic heterocycles. The summed E-state index contributed by atoms with van der Waals surface area (Å²) in [5.41, 5.74) is 0.917. The predicted octanol–water partition coefficient (Wildman–Crippen LogP) is 14.5. The Hall–Kier alpha value is -0.870. The molecule has 0 unspecified atom stereocenters. The molecule has 270 valence electrons. The highest BCUT2D eigenvalue weighted by Crippen LogP contribution is 2.22. The van der Waals surface area contributed by atoms with Gasteiger partial charge in [0.2, 0.25) is 0 Å². The van der Waals surface area contributed by atoms with Gasteiger partial charge in [-0.05, 0) is 30.9 Å². The topological polar surface area (TPSA) is 43.4 Å². The SMILES string of the molecule is CCCCCCCCCCCCCCCCCCOS(=O)(=O)c1ccccc1CCCCCCCCCCCCCCCCCC. The number of hydrogen-bond acceptors (Lipinski definition) is 3. The normalized spacial score (nSPS) is 11.9. The van der Waals surface area contributed by atoms with Gasteiger partial charge in [0.15, 0.2) is 0 Å². The lowest BCUT2D eigenvalue weighted by Gasteiger charge is -2.11. The minimum atomic E-state index is -3.68. The van der Waals surface area contributed by atoms with Crippen molar-refractivity contribution in [3.63, 3.8) is 0 Å². The molecule has 0 saturated carbocycles. The van der Waals surface area contributed by atoms with Gasteiger partial charge < -0.3 is 0 Å². The van der Waals surface area contributed by atoms with Crippen LogP contribution in [0.25, 0.3) is 0 Å². The van der Waals surface area contributed by atoms with Crippen molar-refractivity contribution >= 4 is 10.1 Å².